The monoisotopic (exact) mass is 448 g/mol. The topological polar surface area (TPSA) is 30.2 Å². The first-order valence-electron chi connectivity index (χ1n) is 9.55. The van der Waals surface area contributed by atoms with Gasteiger partial charge in [-0.15, -0.1) is 37.0 Å². The minimum absolute atomic E-state index is 0.234. The van der Waals surface area contributed by atoms with Gasteiger partial charge >= 0.3 is 5.63 Å². The summed E-state index contributed by atoms with van der Waals surface area (Å²) in [6.07, 6.45) is 0.863. The van der Waals surface area contributed by atoms with Crippen molar-refractivity contribution in [3.8, 4) is 22.3 Å². The second-order valence-corrected chi connectivity index (χ2v) is 8.73. The van der Waals surface area contributed by atoms with Gasteiger partial charge in [0.15, 0.2) is 5.09 Å². The number of rotatable bonds is 6. The van der Waals surface area contributed by atoms with Crippen LogP contribution in [-0.4, -0.2) is 5.75 Å². The smallest absolute Gasteiger partial charge is 0.351 e. The lowest BCUT2D eigenvalue weighted by Gasteiger charge is -2.13. The highest BCUT2D eigenvalue weighted by Gasteiger charge is 2.18. The zero-order chi connectivity index (χ0) is 20.9. The van der Waals surface area contributed by atoms with E-state index < -0.39 is 0 Å². The number of thiol groups is 2. The van der Waals surface area contributed by atoms with Crippen LogP contribution < -0.4 is 5.63 Å². The van der Waals surface area contributed by atoms with E-state index in [1.165, 1.54) is 17.3 Å². The van der Waals surface area contributed by atoms with Crippen LogP contribution in [0, 0.1) is 0 Å². The summed E-state index contributed by atoms with van der Waals surface area (Å²) in [5, 5.41) is 0.234. The summed E-state index contributed by atoms with van der Waals surface area (Å²) >= 11 is 10.4. The predicted molar refractivity (Wildman–Crippen MR) is 131 cm³/mol. The Morgan fingerprint density at radius 3 is 1.97 bits per heavy atom. The third-order valence-electron chi connectivity index (χ3n) is 4.80. The predicted octanol–water partition coefficient (Wildman–Crippen LogP) is 6.89. The lowest BCUT2D eigenvalue weighted by Crippen LogP contribution is -2.07. The van der Waals surface area contributed by atoms with Crippen molar-refractivity contribution in [1.82, 2.24) is 0 Å². The van der Waals surface area contributed by atoms with Crippen molar-refractivity contribution in [1.29, 1.82) is 0 Å². The fourth-order valence-electron chi connectivity index (χ4n) is 3.27. The SMILES string of the molecule is O=c1oc(S)c(S)c(-c2ccc(-c3ccccc3)cc2)c1SCCc1ccccc1. The normalized spacial score (nSPS) is 10.9. The first-order chi connectivity index (χ1) is 14.6. The highest BCUT2D eigenvalue weighted by molar-refractivity contribution is 7.99. The van der Waals surface area contributed by atoms with E-state index in [1.54, 1.807) is 0 Å². The second kappa shape index (κ2) is 9.65. The fraction of sp³-hybridized carbons (Fsp3) is 0.0800. The maximum absolute atomic E-state index is 12.6. The van der Waals surface area contributed by atoms with E-state index in [9.17, 15) is 4.79 Å². The second-order valence-electron chi connectivity index (χ2n) is 6.77. The van der Waals surface area contributed by atoms with E-state index in [4.69, 9.17) is 4.42 Å². The molecule has 0 saturated carbocycles. The molecule has 0 unspecified atom stereocenters. The van der Waals surface area contributed by atoms with Crippen LogP contribution in [0.1, 0.15) is 5.56 Å². The molecule has 3 aromatic carbocycles. The summed E-state index contributed by atoms with van der Waals surface area (Å²) < 4.78 is 5.31. The molecule has 0 fully saturated rings. The Morgan fingerprint density at radius 1 is 0.733 bits per heavy atom. The molecule has 0 aliphatic rings. The van der Waals surface area contributed by atoms with Gasteiger partial charge in [0.25, 0.3) is 0 Å². The quantitative estimate of drug-likeness (QED) is 0.249. The molecule has 0 radical (unpaired) electrons. The van der Waals surface area contributed by atoms with Crippen LogP contribution in [0.25, 0.3) is 22.3 Å². The molecule has 0 spiro atoms. The Kier molecular flexibility index (Phi) is 6.72. The molecule has 0 aliphatic carbocycles. The molecule has 0 aliphatic heterocycles. The van der Waals surface area contributed by atoms with Gasteiger partial charge in [0.2, 0.25) is 0 Å². The molecule has 0 N–H and O–H groups in total. The van der Waals surface area contributed by atoms with Crippen molar-refractivity contribution >= 4 is 37.0 Å². The molecule has 0 saturated heterocycles. The molecule has 150 valence electrons. The average Bonchev–Trinajstić information content (AvgIpc) is 2.79. The third kappa shape index (κ3) is 4.69. The van der Waals surface area contributed by atoms with E-state index >= 15 is 0 Å². The van der Waals surface area contributed by atoms with Crippen LogP contribution in [0.5, 0.6) is 0 Å². The van der Waals surface area contributed by atoms with Crippen molar-refractivity contribution in [2.75, 3.05) is 5.75 Å². The summed E-state index contributed by atoms with van der Waals surface area (Å²) in [4.78, 5) is 13.8. The molecular weight excluding hydrogens is 428 g/mol. The Hall–Kier alpha value is -2.34. The summed E-state index contributed by atoms with van der Waals surface area (Å²) in [5.41, 5.74) is 4.82. The highest BCUT2D eigenvalue weighted by Crippen LogP contribution is 2.38. The molecule has 5 heteroatoms. The first kappa shape index (κ1) is 20.9. The minimum atomic E-state index is -0.377. The zero-order valence-electron chi connectivity index (χ0n) is 16.1. The van der Waals surface area contributed by atoms with Crippen LogP contribution in [0.4, 0.5) is 0 Å². The molecule has 30 heavy (non-hydrogen) atoms. The molecule has 1 heterocycles. The Bertz CT molecular complexity index is 1180. The number of thioether (sulfide) groups is 1. The van der Waals surface area contributed by atoms with E-state index in [2.05, 4.69) is 61.7 Å². The van der Waals surface area contributed by atoms with Crippen LogP contribution in [0.3, 0.4) is 0 Å². The van der Waals surface area contributed by atoms with Gasteiger partial charge in [-0.3, -0.25) is 0 Å². The largest absolute Gasteiger partial charge is 0.414 e. The van der Waals surface area contributed by atoms with Gasteiger partial charge in [-0.2, -0.15) is 0 Å². The zero-order valence-corrected chi connectivity index (χ0v) is 18.7. The van der Waals surface area contributed by atoms with Gasteiger partial charge in [-0.05, 0) is 28.7 Å². The van der Waals surface area contributed by atoms with Crippen molar-refractivity contribution < 1.29 is 4.42 Å². The summed E-state index contributed by atoms with van der Waals surface area (Å²) in [6.45, 7) is 0. The maximum Gasteiger partial charge on any atom is 0.351 e. The van der Waals surface area contributed by atoms with Crippen molar-refractivity contribution in [2.45, 2.75) is 21.3 Å². The van der Waals surface area contributed by atoms with E-state index in [0.717, 1.165) is 34.4 Å². The van der Waals surface area contributed by atoms with Gasteiger partial charge in [0.05, 0.1) is 4.90 Å². The van der Waals surface area contributed by atoms with E-state index in [1.807, 2.05) is 48.5 Å². The fourth-order valence-corrected chi connectivity index (χ4v) is 4.90. The van der Waals surface area contributed by atoms with Crippen LogP contribution in [0.2, 0.25) is 0 Å². The van der Waals surface area contributed by atoms with Crippen LogP contribution >= 0.6 is 37.0 Å². The van der Waals surface area contributed by atoms with Crippen molar-refractivity contribution in [3.05, 3.63) is 101 Å². The minimum Gasteiger partial charge on any atom is -0.414 e. The van der Waals surface area contributed by atoms with Crippen LogP contribution in [0.15, 0.2) is 109 Å². The summed E-state index contributed by atoms with van der Waals surface area (Å²) in [6, 6.07) is 28.6. The molecule has 0 amide bonds. The first-order valence-corrected chi connectivity index (χ1v) is 11.4. The number of aryl methyl sites for hydroxylation is 1. The molecule has 0 atom stereocenters. The third-order valence-corrected chi connectivity index (χ3v) is 6.79. The molecule has 0 bridgehead atoms. The van der Waals surface area contributed by atoms with Crippen molar-refractivity contribution in [2.24, 2.45) is 0 Å². The lowest BCUT2D eigenvalue weighted by atomic mass is 10.0. The molecule has 1 aromatic heterocycles. The van der Waals surface area contributed by atoms with E-state index in [-0.39, 0.29) is 10.7 Å². The van der Waals surface area contributed by atoms with Crippen LogP contribution in [-0.2, 0) is 6.42 Å². The summed E-state index contributed by atoms with van der Waals surface area (Å²) in [7, 11) is 0. The van der Waals surface area contributed by atoms with Gasteiger partial charge < -0.3 is 4.42 Å². The number of hydrogen-bond acceptors (Lipinski definition) is 5. The van der Waals surface area contributed by atoms with Gasteiger partial charge in [-0.25, -0.2) is 4.79 Å². The highest BCUT2D eigenvalue weighted by atomic mass is 32.2. The Balaban J connectivity index is 1.65. The molecular formula is C25H20O2S3. The van der Waals surface area contributed by atoms with Gasteiger partial charge in [0, 0.05) is 11.3 Å². The van der Waals surface area contributed by atoms with Gasteiger partial charge in [-0.1, -0.05) is 84.9 Å². The molecule has 4 aromatic rings. The molecule has 4 rings (SSSR count). The van der Waals surface area contributed by atoms with E-state index in [0.29, 0.717) is 9.79 Å². The standard InChI is InChI=1S/C25H20O2S3/c26-24-23(30-16-15-17-7-3-1-4-8-17)21(22(28)25(29)27-24)20-13-11-19(12-14-20)18-9-5-2-6-10-18/h1-14,28-29H,15-16H2. The average molecular weight is 449 g/mol. The Labute approximate surface area is 191 Å². The van der Waals surface area contributed by atoms with Gasteiger partial charge in [0.1, 0.15) is 4.90 Å². The number of benzene rings is 3. The molecule has 2 nitrogen and oxygen atoms in total. The Morgan fingerprint density at radius 2 is 1.30 bits per heavy atom. The maximum atomic E-state index is 12.6. The summed E-state index contributed by atoms with van der Waals surface area (Å²) in [5.74, 6) is 0.767. The number of hydrogen-bond donors (Lipinski definition) is 2. The lowest BCUT2D eigenvalue weighted by molar-refractivity contribution is 0.394. The van der Waals surface area contributed by atoms with Crippen molar-refractivity contribution in [3.63, 3.8) is 0 Å².